The van der Waals surface area contributed by atoms with Gasteiger partial charge in [0.25, 0.3) is 0 Å². The lowest BCUT2D eigenvalue weighted by Gasteiger charge is -2.39. The molecule has 0 spiro atoms. The van der Waals surface area contributed by atoms with Gasteiger partial charge in [0.1, 0.15) is 5.75 Å². The second kappa shape index (κ2) is 9.56. The third-order valence-corrected chi connectivity index (χ3v) is 6.05. The predicted molar refractivity (Wildman–Crippen MR) is 105 cm³/mol. The zero-order chi connectivity index (χ0) is 18.6. The number of methoxy groups -OCH3 is 1. The van der Waals surface area contributed by atoms with Gasteiger partial charge in [-0.1, -0.05) is 25.8 Å². The van der Waals surface area contributed by atoms with Crippen LogP contribution in [-0.2, 0) is 0 Å². The van der Waals surface area contributed by atoms with Crippen molar-refractivity contribution in [1.29, 1.82) is 0 Å². The lowest BCUT2D eigenvalue weighted by molar-refractivity contribution is -0.00000610. The number of nitrogens with zero attached hydrogens (tertiary/aromatic N) is 6. The van der Waals surface area contributed by atoms with Crippen LogP contribution in [-0.4, -0.2) is 58.4 Å². The van der Waals surface area contributed by atoms with Gasteiger partial charge in [-0.3, -0.25) is 4.90 Å². The minimum absolute atomic E-state index is 0. The number of tetrazole rings is 1. The molecule has 7 nitrogen and oxygen atoms in total. The van der Waals surface area contributed by atoms with Crippen LogP contribution in [0.4, 0.5) is 5.69 Å². The molecule has 1 aliphatic carbocycles. The summed E-state index contributed by atoms with van der Waals surface area (Å²) in [6.45, 7) is 6.30. The Morgan fingerprint density at radius 2 is 1.89 bits per heavy atom. The van der Waals surface area contributed by atoms with Gasteiger partial charge < -0.3 is 22.0 Å². The number of rotatable bonds is 6. The predicted octanol–water partition coefficient (Wildman–Crippen LogP) is 0.0741. The van der Waals surface area contributed by atoms with E-state index in [4.69, 9.17) is 4.74 Å². The monoisotopic (exact) mass is 405 g/mol. The van der Waals surface area contributed by atoms with Crippen LogP contribution in [0, 0.1) is 0 Å². The fraction of sp³-hybridized carbons (Fsp3) is 0.650. The van der Waals surface area contributed by atoms with Gasteiger partial charge in [0.2, 0.25) is 0 Å². The first-order chi connectivity index (χ1) is 13.3. The van der Waals surface area contributed by atoms with E-state index in [1.165, 1.54) is 31.4 Å². The van der Waals surface area contributed by atoms with Crippen LogP contribution in [0.3, 0.4) is 0 Å². The molecule has 1 aliphatic heterocycles. The second-order valence-corrected chi connectivity index (χ2v) is 7.57. The maximum Gasteiger partial charge on any atom is 0.168 e. The van der Waals surface area contributed by atoms with Crippen molar-refractivity contribution >= 4 is 5.69 Å². The van der Waals surface area contributed by atoms with Gasteiger partial charge in [-0.25, -0.2) is 4.68 Å². The molecule has 2 aliphatic rings. The Balaban J connectivity index is 0.00000225. The number of benzene rings is 1. The molecule has 154 valence electrons. The standard InChI is InChI=1S/C20H30N6O.ClH/c1-3-19(20-21-22-23-26(20)16-7-4-5-8-16)25-13-11-24(12-14-25)17-9-6-10-18(15-17)27-2;/h6,9-10,15-16,19H,3-5,7-8,11-14H2,1-2H3;1H/p-1. The summed E-state index contributed by atoms with van der Waals surface area (Å²) in [6, 6.07) is 9.13. The van der Waals surface area contributed by atoms with E-state index in [2.05, 4.69) is 55.1 Å². The highest BCUT2D eigenvalue weighted by Crippen LogP contribution is 2.33. The Bertz CT molecular complexity index is 740. The zero-order valence-electron chi connectivity index (χ0n) is 16.8. The van der Waals surface area contributed by atoms with Crippen LogP contribution in [0.25, 0.3) is 0 Å². The third-order valence-electron chi connectivity index (χ3n) is 6.05. The molecule has 8 heteroatoms. The minimum atomic E-state index is 0. The van der Waals surface area contributed by atoms with Crippen molar-refractivity contribution in [3.8, 4) is 5.75 Å². The van der Waals surface area contributed by atoms with E-state index in [1.54, 1.807) is 7.11 Å². The quantitative estimate of drug-likeness (QED) is 0.678. The highest BCUT2D eigenvalue weighted by atomic mass is 35.5. The molecule has 28 heavy (non-hydrogen) atoms. The number of piperazine rings is 1. The smallest absolute Gasteiger partial charge is 0.168 e. The molecule has 1 unspecified atom stereocenters. The molecule has 0 radical (unpaired) electrons. The molecule has 2 aromatic rings. The Hall–Kier alpha value is -1.86. The van der Waals surface area contributed by atoms with E-state index in [-0.39, 0.29) is 12.4 Å². The van der Waals surface area contributed by atoms with Crippen molar-refractivity contribution in [2.75, 3.05) is 38.2 Å². The van der Waals surface area contributed by atoms with E-state index >= 15 is 0 Å². The molecule has 1 saturated carbocycles. The maximum atomic E-state index is 5.37. The molecule has 1 aromatic carbocycles. The van der Waals surface area contributed by atoms with Crippen molar-refractivity contribution in [2.24, 2.45) is 0 Å². The van der Waals surface area contributed by atoms with E-state index < -0.39 is 0 Å². The summed E-state index contributed by atoms with van der Waals surface area (Å²) in [7, 11) is 1.72. The molecule has 4 rings (SSSR count). The summed E-state index contributed by atoms with van der Waals surface area (Å²) in [5.74, 6) is 1.97. The lowest BCUT2D eigenvalue weighted by Crippen LogP contribution is -3.00. The number of aromatic nitrogens is 4. The molecule has 2 heterocycles. The van der Waals surface area contributed by atoms with Crippen molar-refractivity contribution in [3.63, 3.8) is 0 Å². The Morgan fingerprint density at radius 3 is 2.57 bits per heavy atom. The van der Waals surface area contributed by atoms with Crippen molar-refractivity contribution < 1.29 is 17.1 Å². The summed E-state index contributed by atoms with van der Waals surface area (Å²) in [5.41, 5.74) is 1.23. The van der Waals surface area contributed by atoms with Crippen LogP contribution in [0.1, 0.15) is 56.9 Å². The van der Waals surface area contributed by atoms with Crippen LogP contribution < -0.4 is 22.0 Å². The van der Waals surface area contributed by atoms with Gasteiger partial charge in [0, 0.05) is 37.9 Å². The summed E-state index contributed by atoms with van der Waals surface area (Å²) in [6.07, 6.45) is 6.03. The van der Waals surface area contributed by atoms with Crippen LogP contribution in [0.15, 0.2) is 24.3 Å². The fourth-order valence-corrected chi connectivity index (χ4v) is 4.53. The van der Waals surface area contributed by atoms with Crippen LogP contribution in [0.2, 0.25) is 0 Å². The van der Waals surface area contributed by atoms with Gasteiger partial charge in [-0.2, -0.15) is 0 Å². The molecule has 0 amide bonds. The van der Waals surface area contributed by atoms with Gasteiger partial charge in [-0.05, 0) is 41.8 Å². The highest BCUT2D eigenvalue weighted by molar-refractivity contribution is 5.51. The van der Waals surface area contributed by atoms with Gasteiger partial charge in [0.15, 0.2) is 5.82 Å². The summed E-state index contributed by atoms with van der Waals surface area (Å²) < 4.78 is 7.49. The fourth-order valence-electron chi connectivity index (χ4n) is 4.53. The SMILES string of the molecule is CCC(c1nnnn1C1CCCC1)N1CCN(c2cccc(OC)c2)CC1.[Cl-]. The Morgan fingerprint density at radius 1 is 1.14 bits per heavy atom. The summed E-state index contributed by atoms with van der Waals surface area (Å²) in [4.78, 5) is 4.99. The first-order valence-electron chi connectivity index (χ1n) is 10.2. The topological polar surface area (TPSA) is 59.3 Å². The highest BCUT2D eigenvalue weighted by Gasteiger charge is 2.30. The van der Waals surface area contributed by atoms with E-state index in [0.717, 1.165) is 44.2 Å². The summed E-state index contributed by atoms with van der Waals surface area (Å²) in [5, 5.41) is 12.8. The van der Waals surface area contributed by atoms with Crippen molar-refractivity contribution in [1.82, 2.24) is 25.1 Å². The number of hydrogen-bond acceptors (Lipinski definition) is 6. The van der Waals surface area contributed by atoms with Gasteiger partial charge in [0.05, 0.1) is 19.2 Å². The van der Waals surface area contributed by atoms with E-state index in [1.807, 2.05) is 6.07 Å². The Labute approximate surface area is 173 Å². The Kier molecular flexibility index (Phi) is 7.13. The first-order valence-corrected chi connectivity index (χ1v) is 10.2. The molecule has 1 atom stereocenters. The molecule has 0 bridgehead atoms. The van der Waals surface area contributed by atoms with Crippen molar-refractivity contribution in [2.45, 2.75) is 51.1 Å². The van der Waals surface area contributed by atoms with Crippen LogP contribution >= 0.6 is 0 Å². The first kappa shape index (κ1) is 20.9. The van der Waals surface area contributed by atoms with Crippen LogP contribution in [0.5, 0.6) is 5.75 Å². The van der Waals surface area contributed by atoms with Crippen molar-refractivity contribution in [3.05, 3.63) is 30.1 Å². The number of hydrogen-bond donors (Lipinski definition) is 0. The molecular weight excluding hydrogens is 376 g/mol. The number of anilines is 1. The average Bonchev–Trinajstić information content (AvgIpc) is 3.41. The summed E-state index contributed by atoms with van der Waals surface area (Å²) >= 11 is 0. The largest absolute Gasteiger partial charge is 1.00 e. The molecule has 0 N–H and O–H groups in total. The zero-order valence-corrected chi connectivity index (χ0v) is 17.6. The third kappa shape index (κ3) is 4.25. The second-order valence-electron chi connectivity index (χ2n) is 7.57. The maximum absolute atomic E-state index is 5.37. The van der Waals surface area contributed by atoms with E-state index in [9.17, 15) is 0 Å². The molecular formula is C20H30ClN6O-. The molecule has 2 fully saturated rings. The number of ether oxygens (including phenoxy) is 1. The molecule has 1 saturated heterocycles. The van der Waals surface area contributed by atoms with Gasteiger partial charge in [-0.15, -0.1) is 5.10 Å². The van der Waals surface area contributed by atoms with Gasteiger partial charge >= 0.3 is 0 Å². The van der Waals surface area contributed by atoms with E-state index in [0.29, 0.717) is 12.1 Å². The molecule has 1 aromatic heterocycles. The normalized spacial score (nSPS) is 19.4. The minimum Gasteiger partial charge on any atom is -1.00 e. The lowest BCUT2D eigenvalue weighted by atomic mass is 10.1. The number of halogens is 1. The average molecular weight is 406 g/mol.